The first kappa shape index (κ1) is 15.2. The Bertz CT molecular complexity index is 352. The van der Waals surface area contributed by atoms with Gasteiger partial charge in [0.1, 0.15) is 5.41 Å². The van der Waals surface area contributed by atoms with Crippen LogP contribution < -0.4 is 0 Å². The fourth-order valence-corrected chi connectivity index (χ4v) is 1.73. The molecule has 0 amide bonds. The highest BCUT2D eigenvalue weighted by Gasteiger charge is 2.44. The van der Waals surface area contributed by atoms with Crippen molar-refractivity contribution >= 4 is 11.9 Å². The van der Waals surface area contributed by atoms with Crippen molar-refractivity contribution in [1.82, 2.24) is 0 Å². The van der Waals surface area contributed by atoms with Gasteiger partial charge < -0.3 is 10.2 Å². The maximum atomic E-state index is 11.4. The highest BCUT2D eigenvalue weighted by atomic mass is 16.4. The SMILES string of the molecule is CC=CC(C(=O)O)C(C=CC)(C=CC)C(=O)O. The monoisotopic (exact) mass is 238 g/mol. The van der Waals surface area contributed by atoms with Gasteiger partial charge in [0, 0.05) is 0 Å². The summed E-state index contributed by atoms with van der Waals surface area (Å²) in [6, 6.07) is 0. The first-order valence-electron chi connectivity index (χ1n) is 5.33. The second-order valence-electron chi connectivity index (χ2n) is 3.58. The van der Waals surface area contributed by atoms with E-state index in [9.17, 15) is 14.7 Å². The molecule has 0 radical (unpaired) electrons. The molecule has 1 unspecified atom stereocenters. The van der Waals surface area contributed by atoms with E-state index in [1.807, 2.05) is 0 Å². The van der Waals surface area contributed by atoms with Crippen molar-refractivity contribution < 1.29 is 19.8 Å². The summed E-state index contributed by atoms with van der Waals surface area (Å²) in [6.45, 7) is 4.99. The first-order valence-corrected chi connectivity index (χ1v) is 5.33. The maximum absolute atomic E-state index is 11.4. The molecule has 0 bridgehead atoms. The van der Waals surface area contributed by atoms with Gasteiger partial charge in [-0.15, -0.1) is 0 Å². The van der Waals surface area contributed by atoms with Crippen LogP contribution in [0.5, 0.6) is 0 Å². The molecule has 0 rings (SSSR count). The molecule has 94 valence electrons. The van der Waals surface area contributed by atoms with Crippen molar-refractivity contribution in [1.29, 1.82) is 0 Å². The summed E-state index contributed by atoms with van der Waals surface area (Å²) >= 11 is 0. The lowest BCUT2D eigenvalue weighted by atomic mass is 9.74. The minimum atomic E-state index is -1.54. The Morgan fingerprint density at radius 3 is 1.71 bits per heavy atom. The van der Waals surface area contributed by atoms with Crippen LogP contribution in [0.3, 0.4) is 0 Å². The van der Waals surface area contributed by atoms with Crippen LogP contribution in [0.4, 0.5) is 0 Å². The van der Waals surface area contributed by atoms with Crippen molar-refractivity contribution in [3.63, 3.8) is 0 Å². The summed E-state index contributed by atoms with van der Waals surface area (Å²) < 4.78 is 0. The number of carboxylic acid groups (broad SMARTS) is 2. The van der Waals surface area contributed by atoms with Gasteiger partial charge in [0.2, 0.25) is 0 Å². The van der Waals surface area contributed by atoms with Crippen molar-refractivity contribution in [2.45, 2.75) is 20.8 Å². The van der Waals surface area contributed by atoms with E-state index in [1.165, 1.54) is 18.2 Å². The molecule has 0 aromatic rings. The fraction of sp³-hybridized carbons (Fsp3) is 0.385. The lowest BCUT2D eigenvalue weighted by molar-refractivity contribution is -0.153. The predicted octanol–water partition coefficient (Wildman–Crippen LogP) is 2.49. The Kier molecular flexibility index (Phi) is 5.96. The van der Waals surface area contributed by atoms with Gasteiger partial charge in [0.05, 0.1) is 5.92 Å². The molecule has 0 saturated carbocycles. The van der Waals surface area contributed by atoms with Crippen LogP contribution in [-0.4, -0.2) is 22.2 Å². The highest BCUT2D eigenvalue weighted by molar-refractivity contribution is 5.88. The normalized spacial score (nSPS) is 17.6. The summed E-state index contributed by atoms with van der Waals surface area (Å²) in [5.41, 5.74) is -1.54. The lowest BCUT2D eigenvalue weighted by Crippen LogP contribution is -2.38. The average Bonchev–Trinajstić information content (AvgIpc) is 2.24. The largest absolute Gasteiger partial charge is 0.481 e. The zero-order valence-electron chi connectivity index (χ0n) is 10.3. The van der Waals surface area contributed by atoms with Crippen LogP contribution in [0.25, 0.3) is 0 Å². The number of carbonyl (C=O) groups is 2. The Morgan fingerprint density at radius 1 is 1.00 bits per heavy atom. The first-order chi connectivity index (χ1) is 7.96. The molecule has 0 aliphatic rings. The molecule has 0 aromatic heterocycles. The summed E-state index contributed by atoms with van der Waals surface area (Å²) in [5, 5.41) is 18.5. The number of aliphatic carboxylic acids is 2. The third-order valence-corrected chi connectivity index (χ3v) is 2.42. The third-order valence-electron chi connectivity index (χ3n) is 2.42. The van der Waals surface area contributed by atoms with Crippen LogP contribution in [0.2, 0.25) is 0 Å². The van der Waals surface area contributed by atoms with Crippen molar-refractivity contribution in [2.24, 2.45) is 11.3 Å². The zero-order chi connectivity index (χ0) is 13.5. The van der Waals surface area contributed by atoms with Gasteiger partial charge in [-0.3, -0.25) is 9.59 Å². The van der Waals surface area contributed by atoms with E-state index in [4.69, 9.17) is 5.11 Å². The molecule has 17 heavy (non-hydrogen) atoms. The van der Waals surface area contributed by atoms with E-state index < -0.39 is 23.3 Å². The summed E-state index contributed by atoms with van der Waals surface area (Å²) in [6.07, 6.45) is 8.82. The van der Waals surface area contributed by atoms with Crippen LogP contribution in [0.15, 0.2) is 36.5 Å². The predicted molar refractivity (Wildman–Crippen MR) is 65.6 cm³/mol. The van der Waals surface area contributed by atoms with Gasteiger partial charge in [-0.2, -0.15) is 0 Å². The van der Waals surface area contributed by atoms with E-state index >= 15 is 0 Å². The average molecular weight is 238 g/mol. The molecule has 0 spiro atoms. The standard InChI is InChI=1S/C13H18O4/c1-4-7-10(11(14)15)13(8-5-2,9-6-3)12(16)17/h4-10H,1-3H3,(H,14,15)(H,16,17). The minimum absolute atomic E-state index is 1.13. The topological polar surface area (TPSA) is 74.6 Å². The summed E-state index contributed by atoms with van der Waals surface area (Å²) in [4.78, 5) is 22.6. The van der Waals surface area contributed by atoms with Crippen molar-refractivity contribution in [2.75, 3.05) is 0 Å². The van der Waals surface area contributed by atoms with Crippen molar-refractivity contribution in [3.8, 4) is 0 Å². The number of rotatable bonds is 6. The minimum Gasteiger partial charge on any atom is -0.481 e. The Labute approximate surface area is 101 Å². The Hall–Kier alpha value is -1.84. The molecule has 4 nitrogen and oxygen atoms in total. The Balaban J connectivity index is 5.85. The highest BCUT2D eigenvalue weighted by Crippen LogP contribution is 2.33. The number of hydrogen-bond acceptors (Lipinski definition) is 2. The number of carboxylic acids is 2. The Morgan fingerprint density at radius 2 is 1.47 bits per heavy atom. The van der Waals surface area contributed by atoms with Gasteiger partial charge in [-0.1, -0.05) is 36.5 Å². The van der Waals surface area contributed by atoms with Crippen LogP contribution >= 0.6 is 0 Å². The van der Waals surface area contributed by atoms with Crippen LogP contribution in [0.1, 0.15) is 20.8 Å². The molecular weight excluding hydrogens is 220 g/mol. The zero-order valence-corrected chi connectivity index (χ0v) is 10.3. The molecule has 1 atom stereocenters. The molecule has 0 aliphatic carbocycles. The fourth-order valence-electron chi connectivity index (χ4n) is 1.73. The van der Waals surface area contributed by atoms with Gasteiger partial charge in [0.25, 0.3) is 0 Å². The van der Waals surface area contributed by atoms with E-state index in [0.717, 1.165) is 0 Å². The second-order valence-corrected chi connectivity index (χ2v) is 3.58. The van der Waals surface area contributed by atoms with Gasteiger partial charge in [-0.25, -0.2) is 0 Å². The van der Waals surface area contributed by atoms with Gasteiger partial charge >= 0.3 is 11.9 Å². The van der Waals surface area contributed by atoms with E-state index in [-0.39, 0.29) is 0 Å². The van der Waals surface area contributed by atoms with Crippen LogP contribution in [0, 0.1) is 11.3 Å². The molecule has 2 N–H and O–H groups in total. The quantitative estimate of drug-likeness (QED) is 0.697. The molecule has 0 aromatic carbocycles. The molecule has 0 heterocycles. The number of allylic oxidation sites excluding steroid dienone is 3. The number of hydrogen-bond donors (Lipinski definition) is 2. The molecule has 4 heteroatoms. The van der Waals surface area contributed by atoms with Crippen LogP contribution in [-0.2, 0) is 9.59 Å². The van der Waals surface area contributed by atoms with Gasteiger partial charge in [0.15, 0.2) is 0 Å². The van der Waals surface area contributed by atoms with Gasteiger partial charge in [-0.05, 0) is 20.8 Å². The van der Waals surface area contributed by atoms with E-state index in [0.29, 0.717) is 0 Å². The van der Waals surface area contributed by atoms with E-state index in [1.54, 1.807) is 39.0 Å². The summed E-state index contributed by atoms with van der Waals surface area (Å²) in [7, 11) is 0. The third kappa shape index (κ3) is 3.31. The van der Waals surface area contributed by atoms with E-state index in [2.05, 4.69) is 0 Å². The lowest BCUT2D eigenvalue weighted by Gasteiger charge is -2.27. The maximum Gasteiger partial charge on any atom is 0.318 e. The second kappa shape index (κ2) is 6.68. The summed E-state index contributed by atoms with van der Waals surface area (Å²) in [5.74, 6) is -3.47. The molecule has 0 aliphatic heterocycles. The van der Waals surface area contributed by atoms with Crippen molar-refractivity contribution in [3.05, 3.63) is 36.5 Å². The smallest absolute Gasteiger partial charge is 0.318 e. The molecule has 0 saturated heterocycles. The molecule has 0 fully saturated rings. The molecular formula is C13H18O4.